The smallest absolute Gasteiger partial charge is 0.331 e. The average molecular weight is 433 g/mol. The van der Waals surface area contributed by atoms with Gasteiger partial charge in [-0.15, -0.1) is 0 Å². The van der Waals surface area contributed by atoms with E-state index in [9.17, 15) is 14.9 Å². The fourth-order valence-electron chi connectivity index (χ4n) is 3.17. The predicted molar refractivity (Wildman–Crippen MR) is 121 cm³/mol. The summed E-state index contributed by atoms with van der Waals surface area (Å²) in [5.74, 6) is 0.298. The van der Waals surface area contributed by atoms with E-state index in [1.807, 2.05) is 30.3 Å². The van der Waals surface area contributed by atoms with E-state index in [4.69, 9.17) is 14.2 Å². The molecule has 0 aliphatic carbocycles. The second-order valence-corrected chi connectivity index (χ2v) is 6.72. The van der Waals surface area contributed by atoms with Gasteiger partial charge in [-0.05, 0) is 36.2 Å². The van der Waals surface area contributed by atoms with E-state index in [-0.39, 0.29) is 30.2 Å². The largest absolute Gasteiger partial charge is 0.497 e. The lowest BCUT2D eigenvalue weighted by Crippen LogP contribution is -2.06. The van der Waals surface area contributed by atoms with Crippen molar-refractivity contribution in [2.75, 3.05) is 13.7 Å². The van der Waals surface area contributed by atoms with Crippen molar-refractivity contribution in [3.05, 3.63) is 106 Å². The fourth-order valence-corrected chi connectivity index (χ4v) is 3.17. The average Bonchev–Trinajstić information content (AvgIpc) is 2.82. The molecular formula is C25H23NO6. The number of carbonyl (C=O) groups excluding carboxylic acids is 1. The zero-order valence-electron chi connectivity index (χ0n) is 17.8. The highest BCUT2D eigenvalue weighted by Gasteiger charge is 2.24. The quantitative estimate of drug-likeness (QED) is 0.200. The molecular weight excluding hydrogens is 410 g/mol. The minimum Gasteiger partial charge on any atom is -0.497 e. The van der Waals surface area contributed by atoms with Crippen LogP contribution in [0.15, 0.2) is 78.9 Å². The van der Waals surface area contributed by atoms with Gasteiger partial charge in [-0.25, -0.2) is 4.79 Å². The van der Waals surface area contributed by atoms with E-state index in [1.54, 1.807) is 50.4 Å². The van der Waals surface area contributed by atoms with Gasteiger partial charge in [0, 0.05) is 17.7 Å². The van der Waals surface area contributed by atoms with Crippen LogP contribution >= 0.6 is 0 Å². The molecule has 32 heavy (non-hydrogen) atoms. The number of methoxy groups -OCH3 is 1. The van der Waals surface area contributed by atoms with Gasteiger partial charge in [0.25, 0.3) is 5.69 Å². The van der Waals surface area contributed by atoms with Gasteiger partial charge in [0.15, 0.2) is 0 Å². The van der Waals surface area contributed by atoms with Crippen LogP contribution in [0.3, 0.4) is 0 Å². The van der Waals surface area contributed by atoms with Crippen molar-refractivity contribution in [1.29, 1.82) is 0 Å². The maximum absolute atomic E-state index is 12.4. The van der Waals surface area contributed by atoms with Gasteiger partial charge in [-0.3, -0.25) is 10.1 Å². The first-order chi connectivity index (χ1) is 15.5. The maximum atomic E-state index is 12.4. The predicted octanol–water partition coefficient (Wildman–Crippen LogP) is 5.18. The van der Waals surface area contributed by atoms with Gasteiger partial charge in [0.2, 0.25) is 0 Å². The Morgan fingerprint density at radius 2 is 1.72 bits per heavy atom. The van der Waals surface area contributed by atoms with E-state index >= 15 is 0 Å². The number of rotatable bonds is 9. The molecule has 3 aromatic rings. The first-order valence-corrected chi connectivity index (χ1v) is 10.0. The normalized spacial score (nSPS) is 11.0. The summed E-state index contributed by atoms with van der Waals surface area (Å²) in [6.07, 6.45) is 1.25. The lowest BCUT2D eigenvalue weighted by Gasteiger charge is -2.15. The molecule has 0 spiro atoms. The number of ether oxygens (including phenoxy) is 3. The van der Waals surface area contributed by atoms with Crippen LogP contribution in [0.4, 0.5) is 5.69 Å². The molecule has 0 saturated carbocycles. The topological polar surface area (TPSA) is 87.9 Å². The number of benzene rings is 3. The number of nitro benzene ring substituents is 1. The summed E-state index contributed by atoms with van der Waals surface area (Å²) >= 11 is 0. The van der Waals surface area contributed by atoms with Gasteiger partial charge < -0.3 is 14.2 Å². The van der Waals surface area contributed by atoms with E-state index in [1.165, 1.54) is 12.1 Å². The highest BCUT2D eigenvalue weighted by atomic mass is 16.6. The summed E-state index contributed by atoms with van der Waals surface area (Å²) < 4.78 is 16.3. The Labute approximate surface area is 186 Å². The summed E-state index contributed by atoms with van der Waals surface area (Å²) in [5.41, 5.74) is 1.83. The van der Waals surface area contributed by atoms with Crippen LogP contribution in [0, 0.1) is 10.1 Å². The first-order valence-electron chi connectivity index (χ1n) is 10.0. The van der Waals surface area contributed by atoms with Crippen LogP contribution in [-0.2, 0) is 16.1 Å². The molecule has 0 aromatic heterocycles. The van der Waals surface area contributed by atoms with E-state index < -0.39 is 10.9 Å². The van der Waals surface area contributed by atoms with Crippen molar-refractivity contribution in [2.24, 2.45) is 0 Å². The zero-order valence-corrected chi connectivity index (χ0v) is 17.8. The van der Waals surface area contributed by atoms with Crippen molar-refractivity contribution in [2.45, 2.75) is 13.5 Å². The third-order valence-corrected chi connectivity index (χ3v) is 4.66. The second-order valence-electron chi connectivity index (χ2n) is 6.72. The Morgan fingerprint density at radius 3 is 2.34 bits per heavy atom. The van der Waals surface area contributed by atoms with Gasteiger partial charge in [-0.2, -0.15) is 0 Å². The van der Waals surface area contributed by atoms with Crippen molar-refractivity contribution in [3.8, 4) is 11.5 Å². The highest BCUT2D eigenvalue weighted by Crippen LogP contribution is 2.39. The van der Waals surface area contributed by atoms with Crippen molar-refractivity contribution >= 4 is 17.2 Å². The Hall–Kier alpha value is -4.13. The Morgan fingerprint density at radius 1 is 1.00 bits per heavy atom. The molecule has 0 saturated heterocycles. The lowest BCUT2D eigenvalue weighted by molar-refractivity contribution is -0.385. The summed E-state index contributed by atoms with van der Waals surface area (Å²) in [6.45, 7) is 2.09. The van der Waals surface area contributed by atoms with Crippen LogP contribution in [-0.4, -0.2) is 24.6 Å². The molecule has 7 heteroatoms. The van der Waals surface area contributed by atoms with E-state index in [0.717, 1.165) is 5.56 Å². The maximum Gasteiger partial charge on any atom is 0.331 e. The summed E-state index contributed by atoms with van der Waals surface area (Å²) in [5, 5.41) is 11.9. The van der Waals surface area contributed by atoms with Gasteiger partial charge in [0.05, 0.1) is 18.6 Å². The number of hydrogen-bond donors (Lipinski definition) is 0. The molecule has 0 unspecified atom stereocenters. The number of nitrogens with zero attached hydrogens (tertiary/aromatic N) is 1. The number of esters is 1. The number of nitro groups is 1. The van der Waals surface area contributed by atoms with Crippen LogP contribution < -0.4 is 9.47 Å². The van der Waals surface area contributed by atoms with Gasteiger partial charge in [0.1, 0.15) is 23.7 Å². The minimum atomic E-state index is -0.606. The summed E-state index contributed by atoms with van der Waals surface area (Å²) in [7, 11) is 1.54. The van der Waals surface area contributed by atoms with E-state index in [2.05, 4.69) is 0 Å². The van der Waals surface area contributed by atoms with Crippen molar-refractivity contribution in [1.82, 2.24) is 0 Å². The SMILES string of the molecule is CCOC(=O)/C=C(/c1ccc(OC)cc1)c1c(OCc2ccccc2)cccc1[N+](=O)[O-]. The minimum absolute atomic E-state index is 0.179. The molecule has 0 atom stereocenters. The molecule has 3 rings (SSSR count). The molecule has 0 aliphatic heterocycles. The molecule has 164 valence electrons. The number of hydrogen-bond acceptors (Lipinski definition) is 6. The van der Waals surface area contributed by atoms with E-state index in [0.29, 0.717) is 16.9 Å². The fraction of sp³-hybridized carbons (Fsp3) is 0.160. The van der Waals surface area contributed by atoms with Crippen LogP contribution in [0.1, 0.15) is 23.6 Å². The Balaban J connectivity index is 2.14. The molecule has 0 aliphatic rings. The van der Waals surface area contributed by atoms with Crippen LogP contribution in [0.25, 0.3) is 5.57 Å². The zero-order chi connectivity index (χ0) is 22.9. The van der Waals surface area contributed by atoms with Gasteiger partial charge in [-0.1, -0.05) is 48.5 Å². The standard InChI is InChI=1S/C25H23NO6/c1-3-31-24(27)16-21(19-12-14-20(30-2)15-13-19)25-22(26(28)29)10-7-11-23(25)32-17-18-8-5-4-6-9-18/h4-16H,3,17H2,1-2H3/b21-16-. The van der Waals surface area contributed by atoms with Crippen molar-refractivity contribution in [3.63, 3.8) is 0 Å². The monoisotopic (exact) mass is 433 g/mol. The molecule has 0 amide bonds. The van der Waals surface area contributed by atoms with Gasteiger partial charge >= 0.3 is 5.97 Å². The number of carbonyl (C=O) groups is 1. The molecule has 0 bridgehead atoms. The molecule has 0 N–H and O–H groups in total. The van der Waals surface area contributed by atoms with Crippen LogP contribution in [0.5, 0.6) is 11.5 Å². The molecule has 0 radical (unpaired) electrons. The highest BCUT2D eigenvalue weighted by molar-refractivity contribution is 5.99. The molecule has 0 heterocycles. The molecule has 3 aromatic carbocycles. The first kappa shape index (κ1) is 22.6. The van der Waals surface area contributed by atoms with Crippen LogP contribution in [0.2, 0.25) is 0 Å². The summed E-state index contributed by atoms with van der Waals surface area (Å²) in [6, 6.07) is 20.9. The lowest BCUT2D eigenvalue weighted by atomic mass is 9.95. The molecule has 7 nitrogen and oxygen atoms in total. The molecule has 0 fully saturated rings. The second kappa shape index (κ2) is 10.8. The third kappa shape index (κ3) is 5.51. The summed E-state index contributed by atoms with van der Waals surface area (Å²) in [4.78, 5) is 23.8. The van der Waals surface area contributed by atoms with Crippen molar-refractivity contribution < 1.29 is 23.9 Å². The third-order valence-electron chi connectivity index (χ3n) is 4.66. The Kier molecular flexibility index (Phi) is 7.59. The Bertz CT molecular complexity index is 1110.